The molecule has 0 unspecified atom stereocenters. The van der Waals surface area contributed by atoms with E-state index in [0.717, 1.165) is 0 Å². The van der Waals surface area contributed by atoms with Crippen LogP contribution in [0.1, 0.15) is 5.56 Å². The number of aromatic nitrogens is 3. The molecule has 2 N–H and O–H groups in total. The lowest BCUT2D eigenvalue weighted by molar-refractivity contribution is 0.122. The number of nitrogens with one attached hydrogen (secondary N) is 2. The Bertz CT molecular complexity index is 1020. The van der Waals surface area contributed by atoms with Crippen LogP contribution in [0.15, 0.2) is 53.6 Å². The molecule has 0 bridgehead atoms. The molecule has 0 spiro atoms. The van der Waals surface area contributed by atoms with Crippen molar-refractivity contribution >= 4 is 29.7 Å². The average Bonchev–Trinajstić information content (AvgIpc) is 2.77. The fourth-order valence-electron chi connectivity index (χ4n) is 2.78. The Morgan fingerprint density at radius 1 is 0.933 bits per heavy atom. The minimum atomic E-state index is -0.383. The minimum absolute atomic E-state index is 0.184. The van der Waals surface area contributed by atoms with Gasteiger partial charge in [-0.05, 0) is 30.3 Å². The first-order valence-corrected chi connectivity index (χ1v) is 9.32. The van der Waals surface area contributed by atoms with Crippen molar-refractivity contribution < 1.29 is 13.5 Å². The van der Waals surface area contributed by atoms with E-state index in [0.29, 0.717) is 43.5 Å². The third-order valence-corrected chi connectivity index (χ3v) is 4.29. The predicted molar refractivity (Wildman–Crippen MR) is 110 cm³/mol. The molecule has 10 heteroatoms. The summed E-state index contributed by atoms with van der Waals surface area (Å²) >= 11 is 0. The van der Waals surface area contributed by atoms with Crippen molar-refractivity contribution in [3.05, 3.63) is 65.7 Å². The molecule has 0 amide bonds. The van der Waals surface area contributed by atoms with E-state index in [4.69, 9.17) is 4.74 Å². The molecule has 0 saturated carbocycles. The van der Waals surface area contributed by atoms with Gasteiger partial charge in [0.05, 0.1) is 19.4 Å². The molecule has 1 aromatic heterocycles. The second-order valence-corrected chi connectivity index (χ2v) is 6.41. The van der Waals surface area contributed by atoms with Crippen molar-refractivity contribution in [3.8, 4) is 0 Å². The molecule has 0 atom stereocenters. The maximum atomic E-state index is 13.7. The number of halogens is 2. The number of hydrogen-bond donors (Lipinski definition) is 2. The zero-order valence-electron chi connectivity index (χ0n) is 15.9. The van der Waals surface area contributed by atoms with Crippen LogP contribution in [0.3, 0.4) is 0 Å². The zero-order valence-corrected chi connectivity index (χ0v) is 15.9. The Balaban J connectivity index is 1.57. The van der Waals surface area contributed by atoms with E-state index in [9.17, 15) is 8.78 Å². The van der Waals surface area contributed by atoms with Gasteiger partial charge in [0.2, 0.25) is 17.8 Å². The first kappa shape index (κ1) is 19.6. The van der Waals surface area contributed by atoms with Gasteiger partial charge in [0.1, 0.15) is 11.6 Å². The van der Waals surface area contributed by atoms with Crippen LogP contribution in [0.4, 0.5) is 32.3 Å². The van der Waals surface area contributed by atoms with Crippen molar-refractivity contribution in [2.75, 3.05) is 41.9 Å². The third-order valence-electron chi connectivity index (χ3n) is 4.29. The number of anilines is 4. The molecule has 1 aliphatic rings. The van der Waals surface area contributed by atoms with Crippen molar-refractivity contribution in [1.29, 1.82) is 0 Å². The number of rotatable bonds is 6. The molecular weight excluding hydrogens is 392 g/mol. The Hall–Kier alpha value is -3.66. The maximum Gasteiger partial charge on any atom is 0.250 e. The van der Waals surface area contributed by atoms with Crippen LogP contribution in [-0.2, 0) is 4.74 Å². The van der Waals surface area contributed by atoms with E-state index in [-0.39, 0.29) is 23.5 Å². The summed E-state index contributed by atoms with van der Waals surface area (Å²) in [6.45, 7) is 2.41. The molecule has 4 rings (SSSR count). The molecular formula is C20H19F2N7O. The zero-order chi connectivity index (χ0) is 20.8. The van der Waals surface area contributed by atoms with E-state index in [2.05, 4.69) is 30.8 Å². The molecule has 2 heterocycles. The standard InChI is InChI=1S/C20H19F2N7O/c21-15-5-7-16(8-6-15)24-18-25-19(27-20(26-18)29-9-11-30-12-10-29)28-23-13-14-3-1-2-4-17(14)22/h1-8,13H,9-12H2,(H2,24,25,26,27,28). The summed E-state index contributed by atoms with van der Waals surface area (Å²) in [7, 11) is 0. The lowest BCUT2D eigenvalue weighted by Crippen LogP contribution is -2.37. The molecule has 2 aromatic carbocycles. The summed E-state index contributed by atoms with van der Waals surface area (Å²) in [5.74, 6) is 0.174. The van der Waals surface area contributed by atoms with Crippen LogP contribution >= 0.6 is 0 Å². The van der Waals surface area contributed by atoms with Crippen LogP contribution in [0, 0.1) is 11.6 Å². The van der Waals surface area contributed by atoms with E-state index < -0.39 is 0 Å². The van der Waals surface area contributed by atoms with Gasteiger partial charge in [0.25, 0.3) is 0 Å². The summed E-state index contributed by atoms with van der Waals surface area (Å²) in [5, 5.41) is 7.06. The van der Waals surface area contributed by atoms with Gasteiger partial charge in [-0.2, -0.15) is 20.1 Å². The number of morpholine rings is 1. The number of nitrogens with zero attached hydrogens (tertiary/aromatic N) is 5. The highest BCUT2D eigenvalue weighted by atomic mass is 19.1. The Morgan fingerprint density at radius 3 is 2.43 bits per heavy atom. The van der Waals surface area contributed by atoms with Gasteiger partial charge in [-0.15, -0.1) is 0 Å². The molecule has 30 heavy (non-hydrogen) atoms. The van der Waals surface area contributed by atoms with Crippen molar-refractivity contribution in [2.24, 2.45) is 5.10 Å². The topological polar surface area (TPSA) is 87.6 Å². The maximum absolute atomic E-state index is 13.7. The number of ether oxygens (including phenoxy) is 1. The van der Waals surface area contributed by atoms with E-state index >= 15 is 0 Å². The Labute approximate surface area is 171 Å². The van der Waals surface area contributed by atoms with E-state index in [1.54, 1.807) is 30.3 Å². The first-order valence-electron chi connectivity index (χ1n) is 9.32. The highest BCUT2D eigenvalue weighted by Crippen LogP contribution is 2.19. The number of hydrazone groups is 1. The van der Waals surface area contributed by atoms with Gasteiger partial charge in [0, 0.05) is 24.3 Å². The van der Waals surface area contributed by atoms with Gasteiger partial charge >= 0.3 is 0 Å². The van der Waals surface area contributed by atoms with Crippen molar-refractivity contribution in [3.63, 3.8) is 0 Å². The highest BCUT2D eigenvalue weighted by Gasteiger charge is 2.16. The largest absolute Gasteiger partial charge is 0.378 e. The van der Waals surface area contributed by atoms with Gasteiger partial charge in [-0.1, -0.05) is 18.2 Å². The summed E-state index contributed by atoms with van der Waals surface area (Å²) < 4.78 is 32.3. The van der Waals surface area contributed by atoms with Gasteiger partial charge in [-0.25, -0.2) is 14.2 Å². The van der Waals surface area contributed by atoms with E-state index in [1.807, 2.05) is 4.90 Å². The summed E-state index contributed by atoms with van der Waals surface area (Å²) in [5.41, 5.74) is 3.67. The van der Waals surface area contributed by atoms with Crippen LogP contribution in [0.25, 0.3) is 0 Å². The quantitative estimate of drug-likeness (QED) is 0.476. The Kier molecular flexibility index (Phi) is 6.04. The lowest BCUT2D eigenvalue weighted by atomic mass is 10.2. The normalized spacial score (nSPS) is 14.1. The molecule has 0 aliphatic carbocycles. The number of benzene rings is 2. The molecule has 1 saturated heterocycles. The summed E-state index contributed by atoms with van der Waals surface area (Å²) in [4.78, 5) is 15.1. The molecule has 154 valence electrons. The van der Waals surface area contributed by atoms with Crippen molar-refractivity contribution in [1.82, 2.24) is 15.0 Å². The van der Waals surface area contributed by atoms with Crippen LogP contribution in [-0.4, -0.2) is 47.5 Å². The highest BCUT2D eigenvalue weighted by molar-refractivity contribution is 5.80. The van der Waals surface area contributed by atoms with Crippen LogP contribution < -0.4 is 15.6 Å². The molecule has 1 fully saturated rings. The molecule has 8 nitrogen and oxygen atoms in total. The molecule has 3 aromatic rings. The van der Waals surface area contributed by atoms with Crippen LogP contribution in [0.2, 0.25) is 0 Å². The van der Waals surface area contributed by atoms with E-state index in [1.165, 1.54) is 24.4 Å². The first-order chi connectivity index (χ1) is 14.7. The smallest absolute Gasteiger partial charge is 0.250 e. The summed E-state index contributed by atoms with van der Waals surface area (Å²) in [6.07, 6.45) is 1.35. The summed E-state index contributed by atoms with van der Waals surface area (Å²) in [6, 6.07) is 12.1. The fourth-order valence-corrected chi connectivity index (χ4v) is 2.78. The van der Waals surface area contributed by atoms with Gasteiger partial charge < -0.3 is 15.0 Å². The fraction of sp³-hybridized carbons (Fsp3) is 0.200. The second kappa shape index (κ2) is 9.23. The second-order valence-electron chi connectivity index (χ2n) is 6.41. The average molecular weight is 411 g/mol. The minimum Gasteiger partial charge on any atom is -0.378 e. The molecule has 0 radical (unpaired) electrons. The van der Waals surface area contributed by atoms with Crippen LogP contribution in [0.5, 0.6) is 0 Å². The van der Waals surface area contributed by atoms with Gasteiger partial charge in [-0.3, -0.25) is 0 Å². The van der Waals surface area contributed by atoms with Crippen molar-refractivity contribution in [2.45, 2.75) is 0 Å². The number of hydrogen-bond acceptors (Lipinski definition) is 8. The van der Waals surface area contributed by atoms with Gasteiger partial charge in [0.15, 0.2) is 0 Å². The third kappa shape index (κ3) is 5.03. The molecule has 1 aliphatic heterocycles. The lowest BCUT2D eigenvalue weighted by Gasteiger charge is -2.27. The Morgan fingerprint density at radius 2 is 1.67 bits per heavy atom. The predicted octanol–water partition coefficient (Wildman–Crippen LogP) is 3.18. The SMILES string of the molecule is Fc1ccc(Nc2nc(NN=Cc3ccccc3F)nc(N3CCOCC3)n2)cc1. The monoisotopic (exact) mass is 411 g/mol.